The van der Waals surface area contributed by atoms with Gasteiger partial charge in [-0.1, -0.05) is 31.0 Å². The Morgan fingerprint density at radius 2 is 1.84 bits per heavy atom. The Morgan fingerprint density at radius 3 is 2.50 bits per heavy atom. The van der Waals surface area contributed by atoms with Crippen molar-refractivity contribution in [3.05, 3.63) is 64.4 Å². The van der Waals surface area contributed by atoms with Crippen molar-refractivity contribution in [1.29, 1.82) is 0 Å². The molecule has 2 aromatic rings. The fraction of sp³-hybridized carbons (Fsp3) is 0.533. The van der Waals surface area contributed by atoms with Crippen molar-refractivity contribution < 1.29 is 33.4 Å². The predicted octanol–water partition coefficient (Wildman–Crippen LogP) is 4.73. The Balaban J connectivity index is 1.24. The topological polar surface area (TPSA) is 82.1 Å². The molecule has 1 aromatic carbocycles. The number of likely N-dealkylation sites (N-methyl/N-ethyl adjacent to an activating group) is 1. The summed E-state index contributed by atoms with van der Waals surface area (Å²) in [5.74, 6) is -0.314. The van der Waals surface area contributed by atoms with Crippen molar-refractivity contribution >= 4 is 23.3 Å². The minimum absolute atomic E-state index is 0.0912. The SMILES string of the molecule is CCOC(=O)COc1cccc(C[N+]2(C)[C@@H]3C=C[C@H]2CC(OC(=O)C(O)(c2cccs2)C2CCCC2)C3)c1. The van der Waals surface area contributed by atoms with Crippen LogP contribution >= 0.6 is 11.3 Å². The van der Waals surface area contributed by atoms with Gasteiger partial charge in [0.05, 0.1) is 13.7 Å². The second-order valence-corrected chi connectivity index (χ2v) is 11.9. The van der Waals surface area contributed by atoms with E-state index in [0.717, 1.165) is 55.1 Å². The Morgan fingerprint density at radius 1 is 1.11 bits per heavy atom. The number of hydrogen-bond donors (Lipinski definition) is 1. The van der Waals surface area contributed by atoms with Gasteiger partial charge in [-0.2, -0.15) is 0 Å². The molecule has 204 valence electrons. The third-order valence-corrected chi connectivity index (χ3v) is 9.59. The van der Waals surface area contributed by atoms with Gasteiger partial charge in [-0.25, -0.2) is 9.59 Å². The highest BCUT2D eigenvalue weighted by Gasteiger charge is 2.53. The van der Waals surface area contributed by atoms with Gasteiger partial charge < -0.3 is 23.8 Å². The summed E-state index contributed by atoms with van der Waals surface area (Å²) >= 11 is 1.43. The highest BCUT2D eigenvalue weighted by atomic mass is 32.1. The first-order valence-corrected chi connectivity index (χ1v) is 14.6. The molecule has 2 bridgehead atoms. The van der Waals surface area contributed by atoms with Crippen molar-refractivity contribution in [2.45, 2.75) is 75.8 Å². The number of carbonyl (C=O) groups is 2. The molecule has 0 amide bonds. The summed E-state index contributed by atoms with van der Waals surface area (Å²) in [6.45, 7) is 2.79. The number of benzene rings is 1. The molecule has 1 aromatic heterocycles. The number of rotatable bonds is 10. The van der Waals surface area contributed by atoms with Crippen LogP contribution < -0.4 is 4.74 Å². The van der Waals surface area contributed by atoms with E-state index >= 15 is 0 Å². The van der Waals surface area contributed by atoms with Crippen molar-refractivity contribution in [1.82, 2.24) is 0 Å². The summed E-state index contributed by atoms with van der Waals surface area (Å²) < 4.78 is 17.5. The van der Waals surface area contributed by atoms with Gasteiger partial charge in [0.25, 0.3) is 0 Å². The third kappa shape index (κ3) is 5.26. The molecule has 1 saturated heterocycles. The number of ether oxygens (including phenoxy) is 3. The van der Waals surface area contributed by atoms with Crippen molar-refractivity contribution in [2.75, 3.05) is 20.3 Å². The second-order valence-electron chi connectivity index (χ2n) is 11.0. The number of thiophene rings is 1. The number of fused-ring (bicyclic) bond motifs is 2. The van der Waals surface area contributed by atoms with Crippen LogP contribution in [0.15, 0.2) is 53.9 Å². The first-order valence-electron chi connectivity index (χ1n) is 13.7. The molecule has 0 radical (unpaired) electrons. The van der Waals surface area contributed by atoms with E-state index in [9.17, 15) is 14.7 Å². The average Bonchev–Trinajstić information content (AvgIpc) is 3.65. The Bertz CT molecular complexity index is 1140. The van der Waals surface area contributed by atoms with Crippen LogP contribution in [-0.4, -0.2) is 60.0 Å². The van der Waals surface area contributed by atoms with Crippen LogP contribution in [-0.2, 0) is 31.2 Å². The molecular formula is C30H38NO6S+. The van der Waals surface area contributed by atoms with E-state index in [0.29, 0.717) is 17.2 Å². The van der Waals surface area contributed by atoms with Crippen LogP contribution in [0.5, 0.6) is 5.75 Å². The monoisotopic (exact) mass is 540 g/mol. The number of piperidine rings is 1. The van der Waals surface area contributed by atoms with Gasteiger partial charge >= 0.3 is 11.9 Å². The number of hydrogen-bond acceptors (Lipinski definition) is 7. The zero-order valence-corrected chi connectivity index (χ0v) is 23.0. The minimum Gasteiger partial charge on any atom is -0.482 e. The van der Waals surface area contributed by atoms with E-state index in [-0.39, 0.29) is 36.7 Å². The molecule has 5 atom stereocenters. The van der Waals surface area contributed by atoms with Gasteiger partial charge in [0.15, 0.2) is 12.2 Å². The van der Waals surface area contributed by atoms with Gasteiger partial charge in [-0.3, -0.25) is 0 Å². The normalized spacial score (nSPS) is 28.1. The van der Waals surface area contributed by atoms with E-state index in [1.54, 1.807) is 6.92 Å². The van der Waals surface area contributed by atoms with Crippen LogP contribution in [0.2, 0.25) is 0 Å². The predicted molar refractivity (Wildman–Crippen MR) is 144 cm³/mol. The van der Waals surface area contributed by atoms with Gasteiger partial charge in [-0.05, 0) is 55.5 Å². The largest absolute Gasteiger partial charge is 0.482 e. The van der Waals surface area contributed by atoms with E-state index in [2.05, 4.69) is 25.3 Å². The number of quaternary nitrogens is 1. The maximum atomic E-state index is 13.6. The van der Waals surface area contributed by atoms with E-state index < -0.39 is 11.6 Å². The molecule has 8 heteroatoms. The molecule has 1 N–H and O–H groups in total. The maximum Gasteiger partial charge on any atom is 0.344 e. The fourth-order valence-electron chi connectivity index (χ4n) is 6.52. The molecule has 2 aliphatic heterocycles. The standard InChI is InChI=1S/C30H38NO6S/c1-3-35-28(32)20-36-25-11-6-8-21(16-25)19-31(2)23-13-14-24(31)18-26(17-23)37-29(33)30(34,22-9-4-5-10-22)27-12-7-15-38-27/h6-8,11-16,22-24,26,34H,3-5,9-10,17-20H2,1-2H3/q+1/t23-,24+,26?,30?,31?. The summed E-state index contributed by atoms with van der Waals surface area (Å²) in [7, 11) is 2.25. The molecule has 1 aliphatic carbocycles. The zero-order valence-electron chi connectivity index (χ0n) is 22.2. The molecule has 2 fully saturated rings. The van der Waals surface area contributed by atoms with Crippen molar-refractivity contribution in [3.8, 4) is 5.75 Å². The van der Waals surface area contributed by atoms with E-state index in [4.69, 9.17) is 14.2 Å². The lowest BCUT2D eigenvalue weighted by atomic mass is 9.84. The van der Waals surface area contributed by atoms with Gasteiger partial charge in [-0.15, -0.1) is 11.3 Å². The number of nitrogens with zero attached hydrogens (tertiary/aromatic N) is 1. The Hall–Kier alpha value is -2.68. The average molecular weight is 541 g/mol. The Kier molecular flexibility index (Phi) is 7.93. The summed E-state index contributed by atoms with van der Waals surface area (Å²) in [5.41, 5.74) is -0.437. The summed E-state index contributed by atoms with van der Waals surface area (Å²) in [6, 6.07) is 12.0. The molecule has 3 unspecified atom stereocenters. The van der Waals surface area contributed by atoms with Crippen LogP contribution in [0.1, 0.15) is 55.9 Å². The molecule has 0 spiro atoms. The fourth-order valence-corrected chi connectivity index (χ4v) is 7.41. The lowest BCUT2D eigenvalue weighted by Gasteiger charge is -2.47. The number of carbonyl (C=O) groups excluding carboxylic acids is 2. The molecule has 1 saturated carbocycles. The van der Waals surface area contributed by atoms with Crippen LogP contribution in [0, 0.1) is 5.92 Å². The number of esters is 2. The van der Waals surface area contributed by atoms with Crippen LogP contribution in [0.25, 0.3) is 0 Å². The Labute approximate surface area is 228 Å². The molecule has 3 aliphatic rings. The lowest BCUT2D eigenvalue weighted by Crippen LogP contribution is -2.59. The quantitative estimate of drug-likeness (QED) is 0.267. The highest BCUT2D eigenvalue weighted by molar-refractivity contribution is 7.10. The van der Waals surface area contributed by atoms with Crippen molar-refractivity contribution in [2.24, 2.45) is 5.92 Å². The lowest BCUT2D eigenvalue weighted by molar-refractivity contribution is -0.957. The van der Waals surface area contributed by atoms with Gasteiger partial charge in [0.2, 0.25) is 0 Å². The maximum absolute atomic E-state index is 13.6. The smallest absolute Gasteiger partial charge is 0.344 e. The van der Waals surface area contributed by atoms with Gasteiger partial charge in [0.1, 0.15) is 30.5 Å². The third-order valence-electron chi connectivity index (χ3n) is 8.59. The molecular weight excluding hydrogens is 502 g/mol. The van der Waals surface area contributed by atoms with Crippen molar-refractivity contribution in [3.63, 3.8) is 0 Å². The van der Waals surface area contributed by atoms with E-state index in [1.807, 2.05) is 35.7 Å². The first kappa shape index (κ1) is 26.9. The van der Waals surface area contributed by atoms with Crippen LogP contribution in [0.4, 0.5) is 0 Å². The van der Waals surface area contributed by atoms with E-state index in [1.165, 1.54) is 11.3 Å². The second kappa shape index (κ2) is 11.2. The summed E-state index contributed by atoms with van der Waals surface area (Å²) in [5, 5.41) is 13.6. The van der Waals surface area contributed by atoms with Gasteiger partial charge in [0, 0.05) is 29.2 Å². The zero-order chi connectivity index (χ0) is 26.8. The minimum atomic E-state index is -1.56. The highest BCUT2D eigenvalue weighted by Crippen LogP contribution is 2.45. The molecule has 38 heavy (non-hydrogen) atoms. The first-order chi connectivity index (χ1) is 18.3. The van der Waals surface area contributed by atoms with Crippen LogP contribution in [0.3, 0.4) is 0 Å². The molecule has 5 rings (SSSR count). The molecule has 3 heterocycles. The summed E-state index contributed by atoms with van der Waals surface area (Å²) in [6.07, 6.45) is 9.48. The molecule has 7 nitrogen and oxygen atoms in total. The summed E-state index contributed by atoms with van der Waals surface area (Å²) in [4.78, 5) is 25.9. The number of aliphatic hydroxyl groups is 1.